The molecule has 28 heavy (non-hydrogen) atoms. The van der Waals surface area contributed by atoms with Gasteiger partial charge in [0.1, 0.15) is 5.75 Å². The molecule has 9 heteroatoms. The minimum atomic E-state index is -3.43. The van der Waals surface area contributed by atoms with Crippen molar-refractivity contribution in [3.8, 4) is 5.75 Å². The first-order chi connectivity index (χ1) is 12.9. The molecule has 0 aliphatic heterocycles. The molecule has 0 amide bonds. The van der Waals surface area contributed by atoms with Gasteiger partial charge in [-0.2, -0.15) is 0 Å². The predicted molar refractivity (Wildman–Crippen MR) is 123 cm³/mol. The van der Waals surface area contributed by atoms with Crippen molar-refractivity contribution in [2.45, 2.75) is 24.8 Å². The van der Waals surface area contributed by atoms with Crippen LogP contribution in [0.4, 0.5) is 0 Å². The summed E-state index contributed by atoms with van der Waals surface area (Å²) in [5, 5.41) is 3.07. The van der Waals surface area contributed by atoms with E-state index in [1.807, 2.05) is 24.3 Å². The number of guanidine groups is 1. The Labute approximate surface area is 183 Å². The van der Waals surface area contributed by atoms with Crippen molar-refractivity contribution in [2.24, 2.45) is 10.7 Å². The summed E-state index contributed by atoms with van der Waals surface area (Å²) in [6, 6.07) is 14.5. The third-order valence-corrected chi connectivity index (χ3v) is 5.44. The molecule has 0 spiro atoms. The van der Waals surface area contributed by atoms with Gasteiger partial charge >= 0.3 is 0 Å². The number of nitrogens with two attached hydrogens (primary N) is 1. The Kier molecular flexibility index (Phi) is 10.3. The van der Waals surface area contributed by atoms with Crippen LogP contribution in [0.5, 0.6) is 5.75 Å². The summed E-state index contributed by atoms with van der Waals surface area (Å²) in [5.41, 5.74) is 7.94. The van der Waals surface area contributed by atoms with Gasteiger partial charge in [0.2, 0.25) is 10.0 Å². The van der Waals surface area contributed by atoms with Crippen molar-refractivity contribution in [2.75, 3.05) is 20.2 Å². The molecule has 4 N–H and O–H groups in total. The van der Waals surface area contributed by atoms with Gasteiger partial charge in [-0.3, -0.25) is 0 Å². The molecule has 0 saturated heterocycles. The van der Waals surface area contributed by atoms with Gasteiger partial charge in [0.15, 0.2) is 5.96 Å². The average molecular weight is 518 g/mol. The number of benzene rings is 2. The lowest BCUT2D eigenvalue weighted by molar-refractivity contribution is 0.414. The van der Waals surface area contributed by atoms with Crippen LogP contribution in [-0.4, -0.2) is 34.6 Å². The Balaban J connectivity index is 0.00000392. The second kappa shape index (κ2) is 11.9. The Morgan fingerprint density at radius 1 is 1.07 bits per heavy atom. The van der Waals surface area contributed by atoms with E-state index in [0.29, 0.717) is 25.6 Å². The predicted octanol–water partition coefficient (Wildman–Crippen LogP) is 2.26. The molecule has 2 aromatic carbocycles. The van der Waals surface area contributed by atoms with E-state index in [1.165, 1.54) is 5.56 Å². The third-order valence-electron chi connectivity index (χ3n) is 3.88. The lowest BCUT2D eigenvalue weighted by Gasteiger charge is -2.07. The fourth-order valence-electron chi connectivity index (χ4n) is 2.41. The number of halogens is 1. The van der Waals surface area contributed by atoms with Crippen LogP contribution in [0.1, 0.15) is 18.1 Å². The van der Waals surface area contributed by atoms with Crippen LogP contribution in [0.15, 0.2) is 58.4 Å². The Morgan fingerprint density at radius 3 is 2.25 bits per heavy atom. The first-order valence-corrected chi connectivity index (χ1v) is 10.2. The largest absolute Gasteiger partial charge is 0.497 e. The van der Waals surface area contributed by atoms with Gasteiger partial charge in [-0.15, -0.1) is 24.0 Å². The van der Waals surface area contributed by atoms with Crippen molar-refractivity contribution in [3.63, 3.8) is 0 Å². The fraction of sp³-hybridized carbons (Fsp3) is 0.316. The van der Waals surface area contributed by atoms with Crippen molar-refractivity contribution in [3.05, 3.63) is 59.7 Å². The molecule has 2 aromatic rings. The van der Waals surface area contributed by atoms with E-state index in [2.05, 4.69) is 15.0 Å². The van der Waals surface area contributed by atoms with Gasteiger partial charge in [-0.25, -0.2) is 18.1 Å². The summed E-state index contributed by atoms with van der Waals surface area (Å²) in [4.78, 5) is 4.52. The molecule has 0 aliphatic rings. The molecule has 0 fully saturated rings. The zero-order chi connectivity index (χ0) is 19.7. The van der Waals surface area contributed by atoms with Crippen molar-refractivity contribution in [1.82, 2.24) is 10.0 Å². The normalized spacial score (nSPS) is 11.6. The van der Waals surface area contributed by atoms with Crippen LogP contribution in [0.2, 0.25) is 0 Å². The van der Waals surface area contributed by atoms with Gasteiger partial charge in [0, 0.05) is 13.1 Å². The third kappa shape index (κ3) is 7.64. The Hall–Kier alpha value is -1.85. The number of nitrogens with one attached hydrogen (secondary N) is 2. The molecule has 7 nitrogen and oxygen atoms in total. The molecular formula is C19H27IN4O3S. The van der Waals surface area contributed by atoms with E-state index >= 15 is 0 Å². The average Bonchev–Trinajstić information content (AvgIpc) is 2.67. The van der Waals surface area contributed by atoms with Crippen molar-refractivity contribution < 1.29 is 13.2 Å². The molecule has 0 saturated carbocycles. The number of aliphatic imine (C=N–C) groups is 1. The smallest absolute Gasteiger partial charge is 0.240 e. The van der Waals surface area contributed by atoms with E-state index < -0.39 is 10.0 Å². The summed E-state index contributed by atoms with van der Waals surface area (Å²) in [7, 11) is -1.79. The highest BCUT2D eigenvalue weighted by Crippen LogP contribution is 2.12. The van der Waals surface area contributed by atoms with E-state index in [-0.39, 0.29) is 28.9 Å². The molecule has 0 aliphatic carbocycles. The highest BCUT2D eigenvalue weighted by Gasteiger charge is 2.11. The Bertz CT molecular complexity index is 854. The summed E-state index contributed by atoms with van der Waals surface area (Å²) in [5.74, 6) is 1.19. The van der Waals surface area contributed by atoms with E-state index in [1.54, 1.807) is 38.3 Å². The zero-order valence-electron chi connectivity index (χ0n) is 16.0. The SMILES string of the molecule is CCNS(=O)(=O)c1ccc(CN=C(N)NCCc2ccc(OC)cc2)cc1.I. The van der Waals surface area contributed by atoms with Crippen molar-refractivity contribution >= 4 is 40.0 Å². The first kappa shape index (κ1) is 24.2. The second-order valence-corrected chi connectivity index (χ2v) is 7.64. The van der Waals surface area contributed by atoms with Gasteiger partial charge in [0.25, 0.3) is 0 Å². The molecule has 0 radical (unpaired) electrons. The van der Waals surface area contributed by atoms with Gasteiger partial charge in [0.05, 0.1) is 18.6 Å². The van der Waals surface area contributed by atoms with Crippen LogP contribution < -0.4 is 20.5 Å². The maximum atomic E-state index is 11.9. The molecule has 0 unspecified atom stereocenters. The minimum Gasteiger partial charge on any atom is -0.497 e. The van der Waals surface area contributed by atoms with Crippen LogP contribution >= 0.6 is 24.0 Å². The molecule has 2 rings (SSSR count). The number of rotatable bonds is 9. The Morgan fingerprint density at radius 2 is 1.68 bits per heavy atom. The van der Waals surface area contributed by atoms with Gasteiger partial charge in [-0.05, 0) is 41.8 Å². The number of hydrogen-bond acceptors (Lipinski definition) is 4. The summed E-state index contributed by atoms with van der Waals surface area (Å²) >= 11 is 0. The number of methoxy groups -OCH3 is 1. The highest BCUT2D eigenvalue weighted by atomic mass is 127. The van der Waals surface area contributed by atoms with Crippen LogP contribution in [0.25, 0.3) is 0 Å². The molecule has 154 valence electrons. The van der Waals surface area contributed by atoms with E-state index in [9.17, 15) is 8.42 Å². The topological polar surface area (TPSA) is 106 Å². The quantitative estimate of drug-likeness (QED) is 0.268. The minimum absolute atomic E-state index is 0. The lowest BCUT2D eigenvalue weighted by Crippen LogP contribution is -2.33. The van der Waals surface area contributed by atoms with Crippen molar-refractivity contribution in [1.29, 1.82) is 0 Å². The number of sulfonamides is 1. The number of ether oxygens (including phenoxy) is 1. The summed E-state index contributed by atoms with van der Waals surface area (Å²) in [6.45, 7) is 3.14. The second-order valence-electron chi connectivity index (χ2n) is 5.87. The zero-order valence-corrected chi connectivity index (χ0v) is 19.2. The molecular weight excluding hydrogens is 491 g/mol. The van der Waals surface area contributed by atoms with Crippen LogP contribution in [0.3, 0.4) is 0 Å². The summed E-state index contributed by atoms with van der Waals surface area (Å²) < 4.78 is 31.4. The molecule has 0 heterocycles. The monoisotopic (exact) mass is 518 g/mol. The molecule has 0 atom stereocenters. The standard InChI is InChI=1S/C19H26N4O3S.HI/c1-3-23-27(24,25)18-10-6-16(7-11-18)14-22-19(20)21-13-12-15-4-8-17(26-2)9-5-15;/h4-11,23H,3,12-14H2,1-2H3,(H3,20,21,22);1H. The fourth-order valence-corrected chi connectivity index (χ4v) is 3.45. The summed E-state index contributed by atoms with van der Waals surface area (Å²) in [6.07, 6.45) is 0.817. The number of hydrogen-bond donors (Lipinski definition) is 3. The maximum absolute atomic E-state index is 11.9. The number of nitrogens with zero attached hydrogens (tertiary/aromatic N) is 1. The van der Waals surface area contributed by atoms with E-state index in [0.717, 1.165) is 17.7 Å². The van der Waals surface area contributed by atoms with Crippen LogP contribution in [0, 0.1) is 0 Å². The molecule has 0 bridgehead atoms. The first-order valence-electron chi connectivity index (χ1n) is 8.70. The molecule has 0 aromatic heterocycles. The highest BCUT2D eigenvalue weighted by molar-refractivity contribution is 14.0. The van der Waals surface area contributed by atoms with Crippen LogP contribution in [-0.2, 0) is 23.0 Å². The lowest BCUT2D eigenvalue weighted by atomic mass is 10.1. The maximum Gasteiger partial charge on any atom is 0.240 e. The van der Waals surface area contributed by atoms with E-state index in [4.69, 9.17) is 10.5 Å². The van der Waals surface area contributed by atoms with Gasteiger partial charge < -0.3 is 15.8 Å². The van der Waals surface area contributed by atoms with Gasteiger partial charge in [-0.1, -0.05) is 31.2 Å².